The van der Waals surface area contributed by atoms with Gasteiger partial charge in [0.15, 0.2) is 0 Å². The molecule has 0 aromatic carbocycles. The van der Waals surface area contributed by atoms with Crippen LogP contribution in [0.2, 0.25) is 0 Å². The summed E-state index contributed by atoms with van der Waals surface area (Å²) in [5, 5.41) is 21.9. The molecule has 0 saturated heterocycles. The van der Waals surface area contributed by atoms with E-state index in [4.69, 9.17) is 5.11 Å². The lowest BCUT2D eigenvalue weighted by atomic mass is 9.88. The van der Waals surface area contributed by atoms with Gasteiger partial charge in [-0.1, -0.05) is 0 Å². The van der Waals surface area contributed by atoms with Crippen molar-refractivity contribution in [2.24, 2.45) is 0 Å². The van der Waals surface area contributed by atoms with Gasteiger partial charge in [-0.05, 0) is 32.1 Å². The summed E-state index contributed by atoms with van der Waals surface area (Å²) in [5.74, 6) is 0. The van der Waals surface area contributed by atoms with E-state index in [-0.39, 0.29) is 12.2 Å². The summed E-state index contributed by atoms with van der Waals surface area (Å²) in [7, 11) is 0. The smallest absolute Gasteiger partial charge is 0.0693 e. The van der Waals surface area contributed by atoms with Gasteiger partial charge in [0.2, 0.25) is 0 Å². The quantitative estimate of drug-likeness (QED) is 0.548. The van der Waals surface area contributed by atoms with Crippen molar-refractivity contribution in [3.63, 3.8) is 0 Å². The average Bonchev–Trinajstić information content (AvgIpc) is 2.33. The normalized spacial score (nSPS) is 47.5. The van der Waals surface area contributed by atoms with Gasteiger partial charge in [0, 0.05) is 12.1 Å². The Bertz CT molecular complexity index is 157. The third-order valence-electron chi connectivity index (χ3n) is 3.04. The van der Waals surface area contributed by atoms with Gasteiger partial charge in [0.05, 0.1) is 12.2 Å². The fraction of sp³-hybridized carbons (Fsp3) is 1.00. The lowest BCUT2D eigenvalue weighted by Gasteiger charge is -2.35. The van der Waals surface area contributed by atoms with E-state index in [0.29, 0.717) is 12.1 Å². The van der Waals surface area contributed by atoms with Gasteiger partial charge in [0.1, 0.15) is 0 Å². The molecule has 3 heteroatoms. The van der Waals surface area contributed by atoms with E-state index in [1.54, 1.807) is 0 Å². The molecule has 3 N–H and O–H groups in total. The van der Waals surface area contributed by atoms with E-state index in [9.17, 15) is 5.11 Å². The summed E-state index contributed by atoms with van der Waals surface area (Å²) >= 11 is 0. The molecule has 2 aliphatic rings. The molecule has 0 unspecified atom stereocenters. The van der Waals surface area contributed by atoms with Gasteiger partial charge in [-0.3, -0.25) is 0 Å². The molecule has 0 spiro atoms. The maximum absolute atomic E-state index is 9.50. The first-order valence-corrected chi connectivity index (χ1v) is 4.88. The van der Waals surface area contributed by atoms with Crippen LogP contribution in [0.25, 0.3) is 0 Å². The molecule has 2 aliphatic carbocycles. The molecular weight excluding hydrogens is 154 g/mol. The molecule has 2 rings (SSSR count). The van der Waals surface area contributed by atoms with Crippen molar-refractivity contribution in [2.45, 2.75) is 56.4 Å². The molecule has 0 heterocycles. The van der Waals surface area contributed by atoms with Gasteiger partial charge in [-0.15, -0.1) is 0 Å². The van der Waals surface area contributed by atoms with E-state index in [1.165, 1.54) is 0 Å². The SMILES string of the molecule is OC1CC(N[C@@H]2CCC[C@H]2O)C1. The fourth-order valence-electron chi connectivity index (χ4n) is 2.16. The monoisotopic (exact) mass is 171 g/mol. The molecule has 0 aliphatic heterocycles. The predicted molar refractivity (Wildman–Crippen MR) is 45.8 cm³/mol. The summed E-state index contributed by atoms with van der Waals surface area (Å²) in [6, 6.07) is 0.750. The van der Waals surface area contributed by atoms with Crippen LogP contribution in [0.3, 0.4) is 0 Å². The molecule has 0 aromatic rings. The Kier molecular flexibility index (Phi) is 2.35. The minimum Gasteiger partial charge on any atom is -0.393 e. The zero-order valence-electron chi connectivity index (χ0n) is 7.24. The van der Waals surface area contributed by atoms with Crippen LogP contribution in [0.4, 0.5) is 0 Å². The predicted octanol–water partition coefficient (Wildman–Crippen LogP) is 0.0127. The van der Waals surface area contributed by atoms with Gasteiger partial charge < -0.3 is 15.5 Å². The summed E-state index contributed by atoms with van der Waals surface area (Å²) in [6.07, 6.45) is 4.64. The van der Waals surface area contributed by atoms with Gasteiger partial charge in [-0.25, -0.2) is 0 Å². The lowest BCUT2D eigenvalue weighted by molar-refractivity contribution is 0.0463. The van der Waals surface area contributed by atoms with Crippen molar-refractivity contribution >= 4 is 0 Å². The first-order chi connectivity index (χ1) is 5.75. The second kappa shape index (κ2) is 3.32. The third-order valence-corrected chi connectivity index (χ3v) is 3.04. The maximum Gasteiger partial charge on any atom is 0.0693 e. The van der Waals surface area contributed by atoms with Crippen molar-refractivity contribution < 1.29 is 10.2 Å². The Balaban J connectivity index is 1.72. The number of aliphatic hydroxyl groups excluding tert-OH is 2. The first-order valence-electron chi connectivity index (χ1n) is 4.88. The third kappa shape index (κ3) is 1.63. The lowest BCUT2D eigenvalue weighted by Crippen LogP contribution is -2.50. The van der Waals surface area contributed by atoms with Crippen LogP contribution in [0, 0.1) is 0 Å². The van der Waals surface area contributed by atoms with Crippen LogP contribution < -0.4 is 5.32 Å². The second-order valence-corrected chi connectivity index (χ2v) is 4.09. The number of nitrogens with one attached hydrogen (secondary N) is 1. The minimum atomic E-state index is -0.150. The van der Waals surface area contributed by atoms with E-state index >= 15 is 0 Å². The molecule has 0 amide bonds. The molecule has 0 bridgehead atoms. The average molecular weight is 171 g/mol. The largest absolute Gasteiger partial charge is 0.393 e. The van der Waals surface area contributed by atoms with Gasteiger partial charge in [0.25, 0.3) is 0 Å². The molecule has 12 heavy (non-hydrogen) atoms. The van der Waals surface area contributed by atoms with Crippen LogP contribution in [-0.4, -0.2) is 34.5 Å². The Hall–Kier alpha value is -0.120. The Labute approximate surface area is 72.8 Å². The Morgan fingerprint density at radius 1 is 1.08 bits per heavy atom. The standard InChI is InChI=1S/C9H17NO2/c11-7-4-6(5-7)10-8-2-1-3-9(8)12/h6-12H,1-5H2/t6?,7?,8-,9-/m1/s1. The molecule has 0 radical (unpaired) electrons. The van der Waals surface area contributed by atoms with Crippen LogP contribution >= 0.6 is 0 Å². The van der Waals surface area contributed by atoms with Crippen molar-refractivity contribution in [3.8, 4) is 0 Å². The Morgan fingerprint density at radius 3 is 2.33 bits per heavy atom. The second-order valence-electron chi connectivity index (χ2n) is 4.09. The zero-order chi connectivity index (χ0) is 8.55. The van der Waals surface area contributed by atoms with E-state index in [1.807, 2.05) is 0 Å². The summed E-state index contributed by atoms with van der Waals surface area (Å²) in [6.45, 7) is 0. The molecule has 2 fully saturated rings. The fourth-order valence-corrected chi connectivity index (χ4v) is 2.16. The van der Waals surface area contributed by atoms with Crippen molar-refractivity contribution in [2.75, 3.05) is 0 Å². The molecule has 70 valence electrons. The topological polar surface area (TPSA) is 52.5 Å². The molecule has 3 nitrogen and oxygen atoms in total. The van der Waals surface area contributed by atoms with Gasteiger partial charge in [-0.2, -0.15) is 0 Å². The van der Waals surface area contributed by atoms with Crippen LogP contribution in [0.1, 0.15) is 32.1 Å². The summed E-state index contributed by atoms with van der Waals surface area (Å²) in [5.41, 5.74) is 0. The highest BCUT2D eigenvalue weighted by Crippen LogP contribution is 2.25. The first kappa shape index (κ1) is 8.48. The zero-order valence-corrected chi connectivity index (χ0v) is 7.24. The number of aliphatic hydroxyl groups is 2. The summed E-state index contributed by atoms with van der Waals surface area (Å²) in [4.78, 5) is 0. The van der Waals surface area contributed by atoms with Crippen molar-refractivity contribution in [1.29, 1.82) is 0 Å². The van der Waals surface area contributed by atoms with Crippen LogP contribution in [0.5, 0.6) is 0 Å². The summed E-state index contributed by atoms with van der Waals surface area (Å²) < 4.78 is 0. The molecule has 0 aromatic heterocycles. The van der Waals surface area contributed by atoms with E-state index < -0.39 is 0 Å². The van der Waals surface area contributed by atoms with Crippen molar-refractivity contribution in [1.82, 2.24) is 5.32 Å². The minimum absolute atomic E-state index is 0.0963. The van der Waals surface area contributed by atoms with E-state index in [2.05, 4.69) is 5.32 Å². The van der Waals surface area contributed by atoms with Crippen molar-refractivity contribution in [3.05, 3.63) is 0 Å². The molecule has 2 atom stereocenters. The molecular formula is C9H17NO2. The highest BCUT2D eigenvalue weighted by Gasteiger charge is 2.32. The van der Waals surface area contributed by atoms with Crippen LogP contribution in [0.15, 0.2) is 0 Å². The number of rotatable bonds is 2. The number of hydrogen-bond donors (Lipinski definition) is 3. The highest BCUT2D eigenvalue weighted by atomic mass is 16.3. The highest BCUT2D eigenvalue weighted by molar-refractivity contribution is 4.91. The number of hydrogen-bond acceptors (Lipinski definition) is 3. The van der Waals surface area contributed by atoms with Crippen LogP contribution in [-0.2, 0) is 0 Å². The Morgan fingerprint density at radius 2 is 1.83 bits per heavy atom. The molecule has 2 saturated carbocycles. The maximum atomic E-state index is 9.50. The van der Waals surface area contributed by atoms with E-state index in [0.717, 1.165) is 32.1 Å². The van der Waals surface area contributed by atoms with Gasteiger partial charge >= 0.3 is 0 Å².